The third kappa shape index (κ3) is 5.96. The Morgan fingerprint density at radius 1 is 1.03 bits per heavy atom. The maximum atomic E-state index is 14.1. The van der Waals surface area contributed by atoms with E-state index in [-0.39, 0.29) is 18.6 Å². The molecule has 0 radical (unpaired) electrons. The summed E-state index contributed by atoms with van der Waals surface area (Å²) in [6, 6.07) is 23.4. The van der Waals surface area contributed by atoms with Gasteiger partial charge in [-0.3, -0.25) is 10.2 Å². The van der Waals surface area contributed by atoms with Crippen molar-refractivity contribution in [1.29, 1.82) is 0 Å². The monoisotopic (exact) mass is 641 g/mol. The van der Waals surface area contributed by atoms with Gasteiger partial charge in [0.2, 0.25) is 5.90 Å². The topological polar surface area (TPSA) is 92.2 Å². The van der Waals surface area contributed by atoms with Gasteiger partial charge in [0.15, 0.2) is 11.6 Å². The van der Waals surface area contributed by atoms with E-state index in [2.05, 4.69) is 42.7 Å². The average Bonchev–Trinajstić information content (AvgIpc) is 3.69. The average molecular weight is 643 g/mol. The van der Waals surface area contributed by atoms with Crippen molar-refractivity contribution in [3.63, 3.8) is 0 Å². The molecule has 2 aliphatic rings. The molecule has 1 saturated carbocycles. The highest BCUT2D eigenvalue weighted by Gasteiger charge is 2.54. The van der Waals surface area contributed by atoms with Gasteiger partial charge in [-0.15, -0.1) is 0 Å². The van der Waals surface area contributed by atoms with Crippen molar-refractivity contribution >= 4 is 43.7 Å². The molecule has 3 aromatic carbocycles. The highest BCUT2D eigenvalue weighted by atomic mass is 79.9. The lowest BCUT2D eigenvalue weighted by molar-refractivity contribution is -0.130. The third-order valence-electron chi connectivity index (χ3n) is 6.60. The molecule has 5 rings (SSSR count). The number of benzene rings is 3. The molecule has 38 heavy (non-hydrogen) atoms. The Kier molecular flexibility index (Phi) is 8.48. The molecule has 0 unspecified atom stereocenters. The number of nitrogens with zero attached hydrogens (tertiary/aromatic N) is 1. The predicted molar refractivity (Wildman–Crippen MR) is 153 cm³/mol. The summed E-state index contributed by atoms with van der Waals surface area (Å²) in [5.74, 6) is 0.829. The highest BCUT2D eigenvalue weighted by molar-refractivity contribution is 9.10. The number of hydrazine groups is 1. The van der Waals surface area contributed by atoms with Gasteiger partial charge in [-0.25, -0.2) is 10.4 Å². The van der Waals surface area contributed by atoms with Crippen LogP contribution in [0, 0.1) is 0 Å². The molecule has 1 amide bonds. The first kappa shape index (κ1) is 26.9. The summed E-state index contributed by atoms with van der Waals surface area (Å²) in [6.45, 7) is 0.511. The zero-order valence-electron chi connectivity index (χ0n) is 20.7. The number of aliphatic hydroxyl groups is 1. The Labute approximate surface area is 238 Å². The van der Waals surface area contributed by atoms with Gasteiger partial charge in [0.1, 0.15) is 5.75 Å². The molecular formula is C29H29Br2N3O4. The number of carbonyl (C=O) groups is 1. The molecule has 1 aliphatic carbocycles. The van der Waals surface area contributed by atoms with Gasteiger partial charge < -0.3 is 14.6 Å². The second-order valence-corrected chi connectivity index (χ2v) is 11.2. The number of carbonyl (C=O) groups excluding carboxylic acids is 1. The molecule has 9 heteroatoms. The van der Waals surface area contributed by atoms with E-state index in [4.69, 9.17) is 19.6 Å². The minimum atomic E-state index is -1.28. The quantitative estimate of drug-likeness (QED) is 0.196. The van der Waals surface area contributed by atoms with Crippen molar-refractivity contribution in [1.82, 2.24) is 10.9 Å². The molecule has 1 fully saturated rings. The van der Waals surface area contributed by atoms with Gasteiger partial charge >= 0.3 is 0 Å². The SMILES string of the molecule is O=C(NNC1CC1)[C@@]1(Cc2ccccc2Br)N=C(c2ccc(OCCCO)cc2)O[C@H]1c1ccccc1Br. The molecule has 0 aromatic heterocycles. The predicted octanol–water partition coefficient (Wildman–Crippen LogP) is 5.26. The number of hydrogen-bond donors (Lipinski definition) is 3. The van der Waals surface area contributed by atoms with Crippen LogP contribution in [0.3, 0.4) is 0 Å². The summed E-state index contributed by atoms with van der Waals surface area (Å²) in [5.41, 5.74) is 7.35. The van der Waals surface area contributed by atoms with Gasteiger partial charge in [-0.2, -0.15) is 0 Å². The Balaban J connectivity index is 1.56. The van der Waals surface area contributed by atoms with E-state index in [9.17, 15) is 4.79 Å². The summed E-state index contributed by atoms with van der Waals surface area (Å²) in [6.07, 6.45) is 2.27. The molecule has 7 nitrogen and oxygen atoms in total. The number of amides is 1. The molecule has 2 atom stereocenters. The fraction of sp³-hybridized carbons (Fsp3) is 0.310. The van der Waals surface area contributed by atoms with Crippen LogP contribution in [0.2, 0.25) is 0 Å². The minimum Gasteiger partial charge on any atom is -0.494 e. The molecule has 198 valence electrons. The van der Waals surface area contributed by atoms with E-state index in [1.54, 1.807) is 0 Å². The fourth-order valence-electron chi connectivity index (χ4n) is 4.38. The second kappa shape index (κ2) is 12.0. The summed E-state index contributed by atoms with van der Waals surface area (Å²) in [5, 5.41) is 9.00. The van der Waals surface area contributed by atoms with Crippen molar-refractivity contribution < 1.29 is 19.4 Å². The Bertz CT molecular complexity index is 1310. The number of aliphatic hydroxyl groups excluding tert-OH is 1. The molecule has 3 aromatic rings. The Morgan fingerprint density at radius 3 is 2.42 bits per heavy atom. The van der Waals surface area contributed by atoms with Crippen molar-refractivity contribution in [2.75, 3.05) is 13.2 Å². The van der Waals surface area contributed by atoms with Gasteiger partial charge in [0, 0.05) is 45.6 Å². The summed E-state index contributed by atoms with van der Waals surface area (Å²) < 4.78 is 14.0. The Hall–Kier alpha value is -2.72. The number of ether oxygens (including phenoxy) is 2. The zero-order valence-corrected chi connectivity index (χ0v) is 23.9. The van der Waals surface area contributed by atoms with E-state index in [1.807, 2.05) is 72.8 Å². The van der Waals surface area contributed by atoms with Gasteiger partial charge in [0.05, 0.1) is 6.61 Å². The maximum absolute atomic E-state index is 14.1. The molecule has 1 heterocycles. The largest absolute Gasteiger partial charge is 0.494 e. The highest BCUT2D eigenvalue weighted by Crippen LogP contribution is 2.45. The normalized spacial score (nSPS) is 20.5. The minimum absolute atomic E-state index is 0.0798. The third-order valence-corrected chi connectivity index (χ3v) is 8.10. The van der Waals surface area contributed by atoms with E-state index in [1.165, 1.54) is 0 Å². The van der Waals surface area contributed by atoms with Crippen molar-refractivity contribution in [2.45, 2.75) is 43.4 Å². The molecule has 1 aliphatic heterocycles. The first-order valence-electron chi connectivity index (χ1n) is 12.6. The number of aliphatic imine (C=N–C) groups is 1. The summed E-state index contributed by atoms with van der Waals surface area (Å²) in [7, 11) is 0. The van der Waals surface area contributed by atoms with Crippen LogP contribution in [0.25, 0.3) is 0 Å². The lowest BCUT2D eigenvalue weighted by Gasteiger charge is -2.31. The van der Waals surface area contributed by atoms with Crippen molar-refractivity contribution in [3.8, 4) is 5.75 Å². The zero-order chi connectivity index (χ0) is 26.5. The van der Waals surface area contributed by atoms with Crippen LogP contribution in [-0.2, 0) is 16.0 Å². The molecule has 0 spiro atoms. The van der Waals surface area contributed by atoms with Gasteiger partial charge in [-0.1, -0.05) is 68.3 Å². The first-order chi connectivity index (χ1) is 18.5. The summed E-state index contributed by atoms with van der Waals surface area (Å²) >= 11 is 7.33. The number of halogens is 2. The lowest BCUT2D eigenvalue weighted by Crippen LogP contribution is -2.54. The number of rotatable bonds is 11. The van der Waals surface area contributed by atoms with Crippen LogP contribution >= 0.6 is 31.9 Å². The van der Waals surface area contributed by atoms with E-state index in [0.717, 1.165) is 38.5 Å². The first-order valence-corrected chi connectivity index (χ1v) is 14.2. The standard InChI is InChI=1S/C29H29Br2N3O4/c30-24-8-3-1-6-20(24)18-29(28(36)34-33-21-12-13-21)26(23-7-2-4-9-25(23)31)38-27(32-29)19-10-14-22(15-11-19)37-17-5-16-35/h1-4,6-11,14-15,21,26,33,35H,5,12-13,16-18H2,(H,34,36)/t26-,29-/m0/s1. The maximum Gasteiger partial charge on any atom is 0.266 e. The molecular weight excluding hydrogens is 614 g/mol. The fourth-order valence-corrected chi connectivity index (χ4v) is 5.30. The van der Waals surface area contributed by atoms with Gasteiger partial charge in [0.25, 0.3) is 5.91 Å². The number of nitrogens with one attached hydrogen (secondary N) is 2. The lowest BCUT2D eigenvalue weighted by atomic mass is 9.82. The van der Waals surface area contributed by atoms with Crippen LogP contribution in [-0.4, -0.2) is 41.7 Å². The smallest absolute Gasteiger partial charge is 0.266 e. The molecule has 0 saturated heterocycles. The molecule has 0 bridgehead atoms. The van der Waals surface area contributed by atoms with Crippen LogP contribution in [0.1, 0.15) is 42.1 Å². The van der Waals surface area contributed by atoms with E-state index in [0.29, 0.717) is 31.1 Å². The second-order valence-electron chi connectivity index (χ2n) is 9.45. The van der Waals surface area contributed by atoms with Crippen LogP contribution in [0.15, 0.2) is 86.7 Å². The van der Waals surface area contributed by atoms with Gasteiger partial charge in [-0.05, 0) is 54.8 Å². The summed E-state index contributed by atoms with van der Waals surface area (Å²) in [4.78, 5) is 19.1. The van der Waals surface area contributed by atoms with Crippen molar-refractivity contribution in [2.24, 2.45) is 4.99 Å². The van der Waals surface area contributed by atoms with Crippen LogP contribution in [0.5, 0.6) is 5.75 Å². The Morgan fingerprint density at radius 2 is 1.74 bits per heavy atom. The van der Waals surface area contributed by atoms with E-state index < -0.39 is 11.6 Å². The number of hydrogen-bond acceptors (Lipinski definition) is 6. The molecule has 3 N–H and O–H groups in total. The van der Waals surface area contributed by atoms with Crippen LogP contribution < -0.4 is 15.6 Å². The van der Waals surface area contributed by atoms with Crippen molar-refractivity contribution in [3.05, 3.63) is 98.4 Å². The van der Waals surface area contributed by atoms with Crippen LogP contribution in [0.4, 0.5) is 0 Å². The van der Waals surface area contributed by atoms with E-state index >= 15 is 0 Å².